The number of rotatable bonds is 7. The van der Waals surface area contributed by atoms with Crippen LogP contribution in [-0.4, -0.2) is 44.5 Å². The number of anilines is 1. The summed E-state index contributed by atoms with van der Waals surface area (Å²) < 4.78 is 10.4. The van der Waals surface area contributed by atoms with Gasteiger partial charge in [0.05, 0.1) is 20.8 Å². The van der Waals surface area contributed by atoms with Crippen molar-refractivity contribution in [1.82, 2.24) is 4.90 Å². The van der Waals surface area contributed by atoms with Gasteiger partial charge in [-0.15, -0.1) is 0 Å². The van der Waals surface area contributed by atoms with Crippen LogP contribution in [-0.2, 0) is 9.59 Å². The molecular weight excluding hydrogens is 356 g/mol. The Hall–Kier alpha value is -3.28. The summed E-state index contributed by atoms with van der Waals surface area (Å²) in [5, 5.41) is 2.85. The summed E-state index contributed by atoms with van der Waals surface area (Å²) in [6.07, 6.45) is 3.08. The highest BCUT2D eigenvalue weighted by Gasteiger charge is 2.12. The highest BCUT2D eigenvalue weighted by molar-refractivity contribution is 5.98. The first kappa shape index (κ1) is 21.0. The van der Waals surface area contributed by atoms with Crippen LogP contribution in [0, 0.1) is 13.8 Å². The van der Waals surface area contributed by atoms with Crippen molar-refractivity contribution >= 4 is 23.6 Å². The Morgan fingerprint density at radius 3 is 2.29 bits per heavy atom. The Morgan fingerprint density at radius 1 is 1.04 bits per heavy atom. The van der Waals surface area contributed by atoms with E-state index in [0.717, 1.165) is 22.4 Å². The average Bonchev–Trinajstić information content (AvgIpc) is 2.68. The van der Waals surface area contributed by atoms with Gasteiger partial charge >= 0.3 is 0 Å². The second-order valence-corrected chi connectivity index (χ2v) is 6.54. The average molecular weight is 382 g/mol. The zero-order chi connectivity index (χ0) is 20.7. The molecule has 2 aromatic rings. The van der Waals surface area contributed by atoms with E-state index in [1.807, 2.05) is 32.0 Å². The molecule has 0 aromatic heterocycles. The van der Waals surface area contributed by atoms with Gasteiger partial charge in [-0.2, -0.15) is 0 Å². The fourth-order valence-electron chi connectivity index (χ4n) is 2.57. The van der Waals surface area contributed by atoms with Gasteiger partial charge in [0, 0.05) is 24.9 Å². The van der Waals surface area contributed by atoms with Crippen LogP contribution in [0.15, 0.2) is 42.5 Å². The SMILES string of the molecule is COc1cc(C=CC(=O)N(C)CC(=O)Nc2cc(C)ccc2C)cc(OC)c1. The quantitative estimate of drug-likeness (QED) is 0.745. The minimum absolute atomic E-state index is 0.0437. The van der Waals surface area contributed by atoms with Crippen LogP contribution in [0.25, 0.3) is 6.08 Å². The van der Waals surface area contributed by atoms with E-state index < -0.39 is 0 Å². The van der Waals surface area contributed by atoms with Gasteiger partial charge in [-0.1, -0.05) is 12.1 Å². The van der Waals surface area contributed by atoms with Crippen LogP contribution in [0.4, 0.5) is 5.69 Å². The number of amides is 2. The molecular formula is C22H26N2O4. The molecule has 0 aliphatic heterocycles. The van der Waals surface area contributed by atoms with Crippen LogP contribution in [0.2, 0.25) is 0 Å². The lowest BCUT2D eigenvalue weighted by atomic mass is 10.1. The van der Waals surface area contributed by atoms with Crippen molar-refractivity contribution in [2.75, 3.05) is 33.1 Å². The molecule has 2 rings (SSSR count). The van der Waals surface area contributed by atoms with Crippen LogP contribution in [0.5, 0.6) is 11.5 Å². The summed E-state index contributed by atoms with van der Waals surface area (Å²) in [7, 11) is 4.72. The van der Waals surface area contributed by atoms with Crippen molar-refractivity contribution in [3.05, 3.63) is 59.2 Å². The summed E-state index contributed by atoms with van der Waals surface area (Å²) >= 11 is 0. The first-order valence-electron chi connectivity index (χ1n) is 8.85. The fraction of sp³-hybridized carbons (Fsp3) is 0.273. The molecule has 0 bridgehead atoms. The molecule has 0 atom stereocenters. The van der Waals surface area contributed by atoms with Crippen molar-refractivity contribution < 1.29 is 19.1 Å². The van der Waals surface area contributed by atoms with Gasteiger partial charge in [-0.3, -0.25) is 9.59 Å². The van der Waals surface area contributed by atoms with E-state index in [2.05, 4.69) is 5.32 Å². The van der Waals surface area contributed by atoms with Crippen molar-refractivity contribution in [2.45, 2.75) is 13.8 Å². The molecule has 0 radical (unpaired) electrons. The molecule has 0 aliphatic rings. The number of nitrogens with one attached hydrogen (secondary N) is 1. The molecule has 6 nitrogen and oxygen atoms in total. The van der Waals surface area contributed by atoms with Crippen LogP contribution in [0.1, 0.15) is 16.7 Å². The summed E-state index contributed by atoms with van der Waals surface area (Å²) in [4.78, 5) is 26.0. The fourth-order valence-corrected chi connectivity index (χ4v) is 2.57. The van der Waals surface area contributed by atoms with E-state index in [0.29, 0.717) is 11.5 Å². The molecule has 0 saturated heterocycles. The number of ether oxygens (including phenoxy) is 2. The first-order chi connectivity index (χ1) is 13.3. The normalized spacial score (nSPS) is 10.6. The van der Waals surface area contributed by atoms with E-state index in [-0.39, 0.29) is 18.4 Å². The number of nitrogens with zero attached hydrogens (tertiary/aromatic N) is 1. The molecule has 0 spiro atoms. The summed E-state index contributed by atoms with van der Waals surface area (Å²) in [6.45, 7) is 3.84. The van der Waals surface area contributed by atoms with E-state index in [1.54, 1.807) is 45.5 Å². The minimum Gasteiger partial charge on any atom is -0.497 e. The number of hydrogen-bond acceptors (Lipinski definition) is 4. The molecule has 0 saturated carbocycles. The second-order valence-electron chi connectivity index (χ2n) is 6.54. The Morgan fingerprint density at radius 2 is 1.68 bits per heavy atom. The Labute approximate surface area is 165 Å². The van der Waals surface area contributed by atoms with Gasteiger partial charge in [0.2, 0.25) is 11.8 Å². The zero-order valence-electron chi connectivity index (χ0n) is 16.9. The molecule has 148 valence electrons. The van der Waals surface area contributed by atoms with E-state index >= 15 is 0 Å². The summed E-state index contributed by atoms with van der Waals surface area (Å²) in [5.41, 5.74) is 3.55. The standard InChI is InChI=1S/C22H26N2O4/c1-15-6-7-16(2)20(10-15)23-21(25)14-24(3)22(26)9-8-17-11-18(27-4)13-19(12-17)28-5/h6-13H,14H2,1-5H3,(H,23,25). The number of methoxy groups -OCH3 is 2. The van der Waals surface area contributed by atoms with Gasteiger partial charge in [0.25, 0.3) is 0 Å². The zero-order valence-corrected chi connectivity index (χ0v) is 16.9. The van der Waals surface area contributed by atoms with Crippen LogP contribution >= 0.6 is 0 Å². The molecule has 2 amide bonds. The largest absolute Gasteiger partial charge is 0.497 e. The Bertz CT molecular complexity index is 868. The maximum atomic E-state index is 12.3. The molecule has 1 N–H and O–H groups in total. The lowest BCUT2D eigenvalue weighted by molar-refractivity contribution is -0.129. The van der Waals surface area contributed by atoms with Gasteiger partial charge in [-0.25, -0.2) is 0 Å². The lowest BCUT2D eigenvalue weighted by Crippen LogP contribution is -2.34. The number of benzene rings is 2. The number of likely N-dealkylation sites (N-methyl/N-ethyl adjacent to an activating group) is 1. The third-order valence-electron chi connectivity index (χ3n) is 4.22. The van der Waals surface area contributed by atoms with Gasteiger partial charge in [-0.05, 0) is 54.8 Å². The van der Waals surface area contributed by atoms with Gasteiger partial charge in [0.1, 0.15) is 11.5 Å². The van der Waals surface area contributed by atoms with E-state index in [9.17, 15) is 9.59 Å². The highest BCUT2D eigenvalue weighted by Crippen LogP contribution is 2.23. The second kappa shape index (κ2) is 9.60. The minimum atomic E-state index is -0.280. The maximum absolute atomic E-state index is 12.3. The molecule has 0 unspecified atom stereocenters. The summed E-state index contributed by atoms with van der Waals surface area (Å²) in [5.74, 6) is 0.735. The van der Waals surface area contributed by atoms with E-state index in [1.165, 1.54) is 11.0 Å². The van der Waals surface area contributed by atoms with Gasteiger partial charge < -0.3 is 19.7 Å². The van der Waals surface area contributed by atoms with E-state index in [4.69, 9.17) is 9.47 Å². The number of carbonyl (C=O) groups is 2. The predicted molar refractivity (Wildman–Crippen MR) is 111 cm³/mol. The first-order valence-corrected chi connectivity index (χ1v) is 8.85. The highest BCUT2D eigenvalue weighted by atomic mass is 16.5. The van der Waals surface area contributed by atoms with Crippen molar-refractivity contribution in [1.29, 1.82) is 0 Å². The number of carbonyl (C=O) groups excluding carboxylic acids is 2. The lowest BCUT2D eigenvalue weighted by Gasteiger charge is -2.16. The topological polar surface area (TPSA) is 67.9 Å². The number of aryl methyl sites for hydroxylation is 2. The van der Waals surface area contributed by atoms with Crippen molar-refractivity contribution in [2.24, 2.45) is 0 Å². The molecule has 28 heavy (non-hydrogen) atoms. The third kappa shape index (κ3) is 5.87. The van der Waals surface area contributed by atoms with Crippen molar-refractivity contribution in [3.63, 3.8) is 0 Å². The molecule has 0 heterocycles. The molecule has 0 aliphatic carbocycles. The molecule has 0 fully saturated rings. The van der Waals surface area contributed by atoms with Crippen LogP contribution < -0.4 is 14.8 Å². The van der Waals surface area contributed by atoms with Gasteiger partial charge in [0.15, 0.2) is 0 Å². The maximum Gasteiger partial charge on any atom is 0.246 e. The molecule has 2 aromatic carbocycles. The summed E-state index contributed by atoms with van der Waals surface area (Å²) in [6, 6.07) is 11.2. The van der Waals surface area contributed by atoms with Crippen LogP contribution in [0.3, 0.4) is 0 Å². The molecule has 6 heteroatoms. The third-order valence-corrected chi connectivity index (χ3v) is 4.22. The number of hydrogen-bond donors (Lipinski definition) is 1. The predicted octanol–water partition coefficient (Wildman–Crippen LogP) is 3.43. The monoisotopic (exact) mass is 382 g/mol. The Kier molecular flexibility index (Phi) is 7.21. The smallest absolute Gasteiger partial charge is 0.246 e. The Balaban J connectivity index is 1.99. The van der Waals surface area contributed by atoms with Crippen molar-refractivity contribution in [3.8, 4) is 11.5 Å².